The average Bonchev–Trinajstić information content (AvgIpc) is 2.27. The van der Waals surface area contributed by atoms with Crippen LogP contribution >= 0.6 is 0 Å². The summed E-state index contributed by atoms with van der Waals surface area (Å²) >= 11 is 0. The predicted octanol–water partition coefficient (Wildman–Crippen LogP) is 1.89. The minimum atomic E-state index is -0.129. The van der Waals surface area contributed by atoms with Crippen molar-refractivity contribution in [2.75, 3.05) is 11.9 Å². The maximum atomic E-state index is 11.3. The zero-order valence-corrected chi connectivity index (χ0v) is 8.77. The van der Waals surface area contributed by atoms with Gasteiger partial charge in [-0.25, -0.2) is 0 Å². The van der Waals surface area contributed by atoms with E-state index in [2.05, 4.69) is 5.32 Å². The second-order valence-corrected chi connectivity index (χ2v) is 3.49. The third-order valence-electron chi connectivity index (χ3n) is 2.22. The fourth-order valence-electron chi connectivity index (χ4n) is 1.22. The fraction of sp³-hybridized carbons (Fsp3) is 0.333. The average molecular weight is 205 g/mol. The Morgan fingerprint density at radius 3 is 2.67 bits per heavy atom. The van der Waals surface area contributed by atoms with Gasteiger partial charge in [-0.05, 0) is 12.1 Å². The normalized spacial score (nSPS) is 11.8. The highest BCUT2D eigenvalue weighted by molar-refractivity contribution is 5.91. The number of ketones is 1. The van der Waals surface area contributed by atoms with Crippen molar-refractivity contribution in [3.05, 3.63) is 30.3 Å². The fourth-order valence-corrected chi connectivity index (χ4v) is 1.22. The lowest BCUT2D eigenvalue weighted by molar-refractivity contribution is -0.124. The third kappa shape index (κ3) is 3.94. The second kappa shape index (κ2) is 5.96. The molecule has 0 aliphatic rings. The molecule has 0 amide bonds. The number of hydrogen-bond donors (Lipinski definition) is 1. The Balaban J connectivity index is 2.37. The van der Waals surface area contributed by atoms with E-state index < -0.39 is 0 Å². The van der Waals surface area contributed by atoms with E-state index in [1.807, 2.05) is 37.3 Å². The summed E-state index contributed by atoms with van der Waals surface area (Å²) in [6.45, 7) is 2.39. The van der Waals surface area contributed by atoms with Crippen LogP contribution in [0.25, 0.3) is 0 Å². The molecule has 0 heterocycles. The number of hydrogen-bond acceptors (Lipinski definition) is 3. The van der Waals surface area contributed by atoms with Crippen molar-refractivity contribution in [2.24, 2.45) is 5.92 Å². The van der Waals surface area contributed by atoms with Crippen molar-refractivity contribution in [3.63, 3.8) is 0 Å². The maximum Gasteiger partial charge on any atom is 0.144 e. The number of aldehydes is 1. The Hall–Kier alpha value is -1.64. The minimum Gasteiger partial charge on any atom is -0.384 e. The van der Waals surface area contributed by atoms with Crippen molar-refractivity contribution < 1.29 is 9.59 Å². The summed E-state index contributed by atoms with van der Waals surface area (Å²) in [6, 6.07) is 9.68. The van der Waals surface area contributed by atoms with E-state index in [0.29, 0.717) is 12.8 Å². The van der Waals surface area contributed by atoms with Gasteiger partial charge in [0, 0.05) is 18.2 Å². The van der Waals surface area contributed by atoms with Gasteiger partial charge in [-0.2, -0.15) is 0 Å². The molecule has 15 heavy (non-hydrogen) atoms. The number of carbonyl (C=O) groups excluding carboxylic acids is 2. The van der Waals surface area contributed by atoms with E-state index in [1.165, 1.54) is 0 Å². The van der Waals surface area contributed by atoms with Crippen molar-refractivity contribution >= 4 is 17.8 Å². The molecule has 1 aromatic carbocycles. The van der Waals surface area contributed by atoms with Crippen LogP contribution in [0.2, 0.25) is 0 Å². The molecule has 0 aliphatic heterocycles. The van der Waals surface area contributed by atoms with Gasteiger partial charge in [0.05, 0.1) is 6.42 Å². The first-order valence-electron chi connectivity index (χ1n) is 4.99. The molecule has 1 unspecified atom stereocenters. The summed E-state index contributed by atoms with van der Waals surface area (Å²) < 4.78 is 0. The lowest BCUT2D eigenvalue weighted by Crippen LogP contribution is -2.20. The Morgan fingerprint density at radius 1 is 1.40 bits per heavy atom. The van der Waals surface area contributed by atoms with Gasteiger partial charge in [0.25, 0.3) is 0 Å². The molecule has 80 valence electrons. The number of nitrogens with one attached hydrogen (secondary N) is 1. The van der Waals surface area contributed by atoms with E-state index in [9.17, 15) is 9.59 Å². The van der Waals surface area contributed by atoms with Crippen molar-refractivity contribution in [1.82, 2.24) is 0 Å². The van der Waals surface area contributed by atoms with Crippen LogP contribution in [0.15, 0.2) is 30.3 Å². The number of carbonyl (C=O) groups is 2. The van der Waals surface area contributed by atoms with Gasteiger partial charge in [-0.1, -0.05) is 25.1 Å². The van der Waals surface area contributed by atoms with Crippen molar-refractivity contribution in [3.8, 4) is 0 Å². The molecule has 1 N–H and O–H groups in total. The molecule has 0 fully saturated rings. The van der Waals surface area contributed by atoms with Gasteiger partial charge in [-0.3, -0.25) is 4.79 Å². The van der Waals surface area contributed by atoms with Crippen LogP contribution in [0.4, 0.5) is 5.69 Å². The van der Waals surface area contributed by atoms with Gasteiger partial charge >= 0.3 is 0 Å². The van der Waals surface area contributed by atoms with E-state index in [4.69, 9.17) is 0 Å². The summed E-state index contributed by atoms with van der Waals surface area (Å²) in [5, 5.41) is 3.15. The van der Waals surface area contributed by atoms with E-state index in [-0.39, 0.29) is 18.1 Å². The van der Waals surface area contributed by atoms with E-state index >= 15 is 0 Å². The molecule has 0 aromatic heterocycles. The molecule has 1 rings (SSSR count). The van der Waals surface area contributed by atoms with Gasteiger partial charge in [0.15, 0.2) is 0 Å². The third-order valence-corrected chi connectivity index (χ3v) is 2.22. The maximum absolute atomic E-state index is 11.3. The largest absolute Gasteiger partial charge is 0.384 e. The smallest absolute Gasteiger partial charge is 0.144 e. The predicted molar refractivity (Wildman–Crippen MR) is 59.8 cm³/mol. The van der Waals surface area contributed by atoms with Crippen LogP contribution in [0.1, 0.15) is 13.3 Å². The number of anilines is 1. The Bertz CT molecular complexity index is 322. The molecular weight excluding hydrogens is 190 g/mol. The molecule has 0 saturated heterocycles. The Labute approximate surface area is 89.5 Å². The number of rotatable bonds is 6. The molecule has 0 radical (unpaired) electrons. The molecule has 0 aliphatic carbocycles. The summed E-state index contributed by atoms with van der Waals surface area (Å²) in [5.41, 5.74) is 0.989. The second-order valence-electron chi connectivity index (χ2n) is 3.49. The molecule has 0 saturated carbocycles. The first kappa shape index (κ1) is 11.4. The SMILES string of the molecule is CC(CNc1ccccc1)C(=O)CC=O. The standard InChI is InChI=1S/C12H15NO2/c1-10(12(15)7-8-14)9-13-11-5-3-2-4-6-11/h2-6,8,10,13H,7,9H2,1H3. The molecular formula is C12H15NO2. The Morgan fingerprint density at radius 2 is 2.07 bits per heavy atom. The highest BCUT2D eigenvalue weighted by Gasteiger charge is 2.11. The van der Waals surface area contributed by atoms with Crippen LogP contribution in [-0.4, -0.2) is 18.6 Å². The molecule has 0 spiro atoms. The first-order valence-corrected chi connectivity index (χ1v) is 4.99. The van der Waals surface area contributed by atoms with Crippen LogP contribution in [0.3, 0.4) is 0 Å². The van der Waals surface area contributed by atoms with Gasteiger partial charge < -0.3 is 10.1 Å². The van der Waals surface area contributed by atoms with Crippen LogP contribution < -0.4 is 5.32 Å². The highest BCUT2D eigenvalue weighted by Crippen LogP contribution is 2.07. The lowest BCUT2D eigenvalue weighted by Gasteiger charge is -2.11. The quantitative estimate of drug-likeness (QED) is 0.570. The van der Waals surface area contributed by atoms with E-state index in [1.54, 1.807) is 0 Å². The summed E-state index contributed by atoms with van der Waals surface area (Å²) in [4.78, 5) is 21.4. The van der Waals surface area contributed by atoms with Gasteiger partial charge in [0.1, 0.15) is 12.1 Å². The lowest BCUT2D eigenvalue weighted by atomic mass is 10.0. The topological polar surface area (TPSA) is 46.2 Å². The summed E-state index contributed by atoms with van der Waals surface area (Å²) in [5.74, 6) is -0.149. The van der Waals surface area contributed by atoms with Crippen LogP contribution in [0, 0.1) is 5.92 Å². The summed E-state index contributed by atoms with van der Waals surface area (Å²) in [6.07, 6.45) is 0.666. The van der Waals surface area contributed by atoms with Crippen molar-refractivity contribution in [1.29, 1.82) is 0 Å². The zero-order chi connectivity index (χ0) is 11.1. The zero-order valence-electron chi connectivity index (χ0n) is 8.77. The molecule has 3 nitrogen and oxygen atoms in total. The van der Waals surface area contributed by atoms with E-state index in [0.717, 1.165) is 5.69 Å². The highest BCUT2D eigenvalue weighted by atomic mass is 16.1. The molecule has 3 heteroatoms. The van der Waals surface area contributed by atoms with Crippen LogP contribution in [-0.2, 0) is 9.59 Å². The van der Waals surface area contributed by atoms with Crippen molar-refractivity contribution in [2.45, 2.75) is 13.3 Å². The monoisotopic (exact) mass is 205 g/mol. The molecule has 0 bridgehead atoms. The first-order chi connectivity index (χ1) is 7.24. The number of para-hydroxylation sites is 1. The number of Topliss-reactive ketones (excluding diaryl/α,β-unsaturated/α-hetero) is 1. The van der Waals surface area contributed by atoms with Gasteiger partial charge in [-0.15, -0.1) is 0 Å². The van der Waals surface area contributed by atoms with Gasteiger partial charge in [0.2, 0.25) is 0 Å². The van der Waals surface area contributed by atoms with Crippen LogP contribution in [0.5, 0.6) is 0 Å². The Kier molecular flexibility index (Phi) is 4.54. The molecule has 1 aromatic rings. The minimum absolute atomic E-state index is 0.0115. The molecule has 1 atom stereocenters. The number of benzene rings is 1. The summed E-state index contributed by atoms with van der Waals surface area (Å²) in [7, 11) is 0.